The van der Waals surface area contributed by atoms with Crippen LogP contribution in [0.15, 0.2) is 24.3 Å². The van der Waals surface area contributed by atoms with Crippen LogP contribution in [0.4, 0.5) is 0 Å². The average Bonchev–Trinajstić information content (AvgIpc) is 2.78. The zero-order valence-corrected chi connectivity index (χ0v) is 11.4. The van der Waals surface area contributed by atoms with Gasteiger partial charge in [0.05, 0.1) is 30.0 Å². The zero-order chi connectivity index (χ0) is 13.9. The predicted molar refractivity (Wildman–Crippen MR) is 74.7 cm³/mol. The quantitative estimate of drug-likeness (QED) is 0.721. The number of aromatic nitrogens is 2. The van der Waals surface area contributed by atoms with E-state index < -0.39 is 5.54 Å². The molecule has 0 bridgehead atoms. The number of aryl methyl sites for hydroxylation is 1. The molecule has 0 aliphatic rings. The number of rotatable bonds is 6. The molecule has 0 spiro atoms. The van der Waals surface area contributed by atoms with Gasteiger partial charge >= 0.3 is 0 Å². The topological polar surface area (TPSA) is 70.3 Å². The van der Waals surface area contributed by atoms with Crippen molar-refractivity contribution >= 4 is 10.9 Å². The summed E-state index contributed by atoms with van der Waals surface area (Å²) < 4.78 is 1.85. The van der Waals surface area contributed by atoms with E-state index in [1.54, 1.807) is 0 Å². The van der Waals surface area contributed by atoms with Crippen molar-refractivity contribution < 1.29 is 10.2 Å². The molecule has 0 saturated carbocycles. The second kappa shape index (κ2) is 5.69. The van der Waals surface area contributed by atoms with E-state index in [2.05, 4.69) is 10.4 Å². The minimum Gasteiger partial charge on any atom is -0.394 e. The zero-order valence-electron chi connectivity index (χ0n) is 11.4. The standard InChI is InChI=1S/C14H21N3O2/c1-3-14(9-18,10-19)15-8-12-11-6-4-5-7-13(11)17(2)16-12/h4-7,15,18-19H,3,8-10H2,1-2H3. The third-order valence-corrected chi connectivity index (χ3v) is 3.75. The van der Waals surface area contributed by atoms with Gasteiger partial charge in [-0.05, 0) is 12.5 Å². The smallest absolute Gasteiger partial charge is 0.0841 e. The summed E-state index contributed by atoms with van der Waals surface area (Å²) in [5.74, 6) is 0. The summed E-state index contributed by atoms with van der Waals surface area (Å²) in [7, 11) is 1.91. The Morgan fingerprint density at radius 3 is 2.58 bits per heavy atom. The third kappa shape index (κ3) is 2.63. The average molecular weight is 263 g/mol. The Hall–Kier alpha value is -1.43. The number of benzene rings is 1. The first-order chi connectivity index (χ1) is 9.15. The largest absolute Gasteiger partial charge is 0.394 e. The monoisotopic (exact) mass is 263 g/mol. The maximum absolute atomic E-state index is 9.42. The molecule has 104 valence electrons. The van der Waals surface area contributed by atoms with E-state index >= 15 is 0 Å². The van der Waals surface area contributed by atoms with Crippen LogP contribution in [0.25, 0.3) is 10.9 Å². The Kier molecular flexibility index (Phi) is 4.19. The lowest BCUT2D eigenvalue weighted by Crippen LogP contribution is -2.50. The predicted octanol–water partition coefficient (Wildman–Crippen LogP) is 0.796. The van der Waals surface area contributed by atoms with E-state index in [1.165, 1.54) is 0 Å². The fourth-order valence-electron chi connectivity index (χ4n) is 2.20. The summed E-state index contributed by atoms with van der Waals surface area (Å²) in [6.45, 7) is 2.28. The summed E-state index contributed by atoms with van der Waals surface area (Å²) in [5.41, 5.74) is 1.37. The maximum atomic E-state index is 9.42. The van der Waals surface area contributed by atoms with Crippen LogP contribution in [-0.2, 0) is 13.6 Å². The molecule has 0 amide bonds. The molecule has 5 nitrogen and oxygen atoms in total. The van der Waals surface area contributed by atoms with Crippen LogP contribution in [0, 0.1) is 0 Å². The molecule has 0 aliphatic carbocycles. The van der Waals surface area contributed by atoms with Crippen molar-refractivity contribution in [2.45, 2.75) is 25.4 Å². The van der Waals surface area contributed by atoms with Crippen molar-refractivity contribution in [2.75, 3.05) is 13.2 Å². The lowest BCUT2D eigenvalue weighted by molar-refractivity contribution is 0.0862. The number of nitrogens with one attached hydrogen (secondary N) is 1. The molecule has 2 aromatic rings. The second-order valence-corrected chi connectivity index (χ2v) is 4.89. The van der Waals surface area contributed by atoms with Gasteiger partial charge in [-0.3, -0.25) is 4.68 Å². The molecule has 1 aromatic carbocycles. The van der Waals surface area contributed by atoms with Crippen molar-refractivity contribution in [3.63, 3.8) is 0 Å². The van der Waals surface area contributed by atoms with Gasteiger partial charge in [-0.2, -0.15) is 5.10 Å². The molecule has 0 unspecified atom stereocenters. The number of aliphatic hydroxyl groups is 2. The highest BCUT2D eigenvalue weighted by Gasteiger charge is 2.26. The lowest BCUT2D eigenvalue weighted by Gasteiger charge is -2.29. The maximum Gasteiger partial charge on any atom is 0.0841 e. The van der Waals surface area contributed by atoms with Gasteiger partial charge in [0, 0.05) is 19.0 Å². The number of nitrogens with zero attached hydrogens (tertiary/aromatic N) is 2. The SMILES string of the molecule is CCC(CO)(CO)NCc1nn(C)c2ccccc12. The molecule has 0 atom stereocenters. The van der Waals surface area contributed by atoms with Crippen LogP contribution >= 0.6 is 0 Å². The van der Waals surface area contributed by atoms with Crippen molar-refractivity contribution in [3.05, 3.63) is 30.0 Å². The first-order valence-electron chi connectivity index (χ1n) is 6.53. The number of hydrogen-bond donors (Lipinski definition) is 3. The van der Waals surface area contributed by atoms with Crippen LogP contribution in [0.2, 0.25) is 0 Å². The molecule has 0 fully saturated rings. The van der Waals surface area contributed by atoms with Crippen molar-refractivity contribution in [1.82, 2.24) is 15.1 Å². The van der Waals surface area contributed by atoms with E-state index in [4.69, 9.17) is 0 Å². The molecule has 5 heteroatoms. The molecular formula is C14H21N3O2. The molecule has 1 heterocycles. The highest BCUT2D eigenvalue weighted by Crippen LogP contribution is 2.18. The summed E-state index contributed by atoms with van der Waals surface area (Å²) in [6.07, 6.45) is 0.658. The normalized spacial score (nSPS) is 12.2. The van der Waals surface area contributed by atoms with Crippen molar-refractivity contribution in [1.29, 1.82) is 0 Å². The summed E-state index contributed by atoms with van der Waals surface area (Å²) >= 11 is 0. The van der Waals surface area contributed by atoms with Gasteiger partial charge in [0.15, 0.2) is 0 Å². The molecular weight excluding hydrogens is 242 g/mol. The number of para-hydroxylation sites is 1. The Morgan fingerprint density at radius 1 is 1.26 bits per heavy atom. The summed E-state index contributed by atoms with van der Waals surface area (Å²) in [5, 5.41) is 27.7. The van der Waals surface area contributed by atoms with E-state index in [-0.39, 0.29) is 13.2 Å². The highest BCUT2D eigenvalue weighted by atomic mass is 16.3. The van der Waals surface area contributed by atoms with Crippen LogP contribution in [-0.4, -0.2) is 38.7 Å². The van der Waals surface area contributed by atoms with E-state index in [0.29, 0.717) is 13.0 Å². The Labute approximate surface area is 112 Å². The van der Waals surface area contributed by atoms with E-state index in [0.717, 1.165) is 16.6 Å². The highest BCUT2D eigenvalue weighted by molar-refractivity contribution is 5.81. The van der Waals surface area contributed by atoms with E-state index in [9.17, 15) is 10.2 Å². The summed E-state index contributed by atoms with van der Waals surface area (Å²) in [6, 6.07) is 8.03. The molecule has 3 N–H and O–H groups in total. The van der Waals surface area contributed by atoms with Gasteiger partial charge < -0.3 is 15.5 Å². The van der Waals surface area contributed by atoms with Gasteiger partial charge in [0.1, 0.15) is 0 Å². The van der Waals surface area contributed by atoms with Gasteiger partial charge in [0.2, 0.25) is 0 Å². The van der Waals surface area contributed by atoms with Crippen molar-refractivity contribution in [3.8, 4) is 0 Å². The Bertz CT molecular complexity index is 538. The number of hydrogen-bond acceptors (Lipinski definition) is 4. The third-order valence-electron chi connectivity index (χ3n) is 3.75. The minimum atomic E-state index is -0.640. The fourth-order valence-corrected chi connectivity index (χ4v) is 2.20. The van der Waals surface area contributed by atoms with Crippen LogP contribution in [0.5, 0.6) is 0 Å². The number of aliphatic hydroxyl groups excluding tert-OH is 2. The van der Waals surface area contributed by atoms with Gasteiger partial charge in [0.25, 0.3) is 0 Å². The minimum absolute atomic E-state index is 0.0925. The second-order valence-electron chi connectivity index (χ2n) is 4.89. The fraction of sp³-hybridized carbons (Fsp3) is 0.500. The van der Waals surface area contributed by atoms with Gasteiger partial charge in [-0.25, -0.2) is 0 Å². The van der Waals surface area contributed by atoms with Gasteiger partial charge in [-0.1, -0.05) is 25.1 Å². The van der Waals surface area contributed by atoms with Crippen LogP contribution < -0.4 is 5.32 Å². The van der Waals surface area contributed by atoms with Gasteiger partial charge in [-0.15, -0.1) is 0 Å². The summed E-state index contributed by atoms with van der Waals surface area (Å²) in [4.78, 5) is 0. The first-order valence-corrected chi connectivity index (χ1v) is 6.53. The molecule has 2 rings (SSSR count). The molecule has 0 radical (unpaired) electrons. The van der Waals surface area contributed by atoms with E-state index in [1.807, 2.05) is 42.9 Å². The van der Waals surface area contributed by atoms with Crippen LogP contribution in [0.1, 0.15) is 19.0 Å². The molecule has 19 heavy (non-hydrogen) atoms. The lowest BCUT2D eigenvalue weighted by atomic mass is 9.98. The van der Waals surface area contributed by atoms with Crippen LogP contribution in [0.3, 0.4) is 0 Å². The first kappa shape index (κ1) is 14.0. The van der Waals surface area contributed by atoms with Crippen molar-refractivity contribution in [2.24, 2.45) is 7.05 Å². The Morgan fingerprint density at radius 2 is 1.95 bits per heavy atom. The number of fused-ring (bicyclic) bond motifs is 1. The molecule has 1 aromatic heterocycles. The molecule has 0 aliphatic heterocycles. The molecule has 0 saturated heterocycles. The Balaban J connectivity index is 2.22.